The highest BCUT2D eigenvalue weighted by Crippen LogP contribution is 2.45. The van der Waals surface area contributed by atoms with Crippen LogP contribution >= 0.6 is 0 Å². The van der Waals surface area contributed by atoms with E-state index in [0.29, 0.717) is 5.69 Å². The fourth-order valence-electron chi connectivity index (χ4n) is 2.44. The first-order chi connectivity index (χ1) is 12.6. The van der Waals surface area contributed by atoms with Crippen molar-refractivity contribution < 1.29 is 19.2 Å². The Morgan fingerprint density at radius 1 is 0.808 bits per heavy atom. The zero-order chi connectivity index (χ0) is 19.1. The van der Waals surface area contributed by atoms with Crippen LogP contribution in [0.15, 0.2) is 45.3 Å². The monoisotopic (exact) mass is 347 g/mol. The molecule has 0 atom stereocenters. The van der Waals surface area contributed by atoms with E-state index in [4.69, 9.17) is 0 Å². The van der Waals surface area contributed by atoms with Gasteiger partial charge in [0.15, 0.2) is 5.69 Å². The molecule has 0 heterocycles. The van der Waals surface area contributed by atoms with E-state index in [9.17, 15) is 19.2 Å². The van der Waals surface area contributed by atoms with Gasteiger partial charge in [-0.3, -0.25) is 0 Å². The standard InChI is InChI=1S/C18H11N4O4/c1-12-5-3-4-6-15(12)22(11-26)16-7-14(19-8-23)13(2)17(20-9-24)18(16)21-10-25/h3-7H,1-2H3/q+1. The molecular formula is C18H11N4O4+. The van der Waals surface area contributed by atoms with Gasteiger partial charge in [0.1, 0.15) is 5.69 Å². The molecule has 0 spiro atoms. The van der Waals surface area contributed by atoms with Gasteiger partial charge in [-0.05, 0) is 13.8 Å². The number of carbonyl (C=O) groups excluding carboxylic acids is 4. The molecule has 0 radical (unpaired) electrons. The quantitative estimate of drug-likeness (QED) is 0.469. The normalized spacial score (nSPS) is 9.15. The van der Waals surface area contributed by atoms with E-state index in [-0.39, 0.29) is 28.3 Å². The van der Waals surface area contributed by atoms with Crippen molar-refractivity contribution in [1.29, 1.82) is 0 Å². The van der Waals surface area contributed by atoms with Crippen molar-refractivity contribution in [2.75, 3.05) is 0 Å². The van der Waals surface area contributed by atoms with Crippen LogP contribution in [0.1, 0.15) is 11.1 Å². The van der Waals surface area contributed by atoms with Crippen LogP contribution in [0.5, 0.6) is 0 Å². The summed E-state index contributed by atoms with van der Waals surface area (Å²) in [5.41, 5.74) is 1.45. The van der Waals surface area contributed by atoms with Crippen LogP contribution in [-0.2, 0) is 19.2 Å². The molecule has 0 aromatic heterocycles. The molecular weight excluding hydrogens is 336 g/mol. The molecule has 2 rings (SSSR count). The fraction of sp³-hybridized carbons (Fsp3) is 0.111. The summed E-state index contributed by atoms with van der Waals surface area (Å²) in [6, 6.07) is 8.26. The summed E-state index contributed by atoms with van der Waals surface area (Å²) in [4.78, 5) is 54.7. The molecule has 0 bridgehead atoms. The largest absolute Gasteiger partial charge is 0.437 e. The van der Waals surface area contributed by atoms with Gasteiger partial charge in [-0.15, -0.1) is 0 Å². The van der Waals surface area contributed by atoms with E-state index in [0.717, 1.165) is 10.1 Å². The Morgan fingerprint density at radius 3 is 2.00 bits per heavy atom. The number of isocyanates is 4. The zero-order valence-corrected chi connectivity index (χ0v) is 13.8. The summed E-state index contributed by atoms with van der Waals surface area (Å²) in [6.07, 6.45) is 5.86. The van der Waals surface area contributed by atoms with Gasteiger partial charge in [-0.2, -0.15) is 19.8 Å². The minimum absolute atomic E-state index is 0.0475. The predicted octanol–water partition coefficient (Wildman–Crippen LogP) is 3.38. The lowest BCUT2D eigenvalue weighted by atomic mass is 10.1. The molecule has 0 N–H and O–H groups in total. The maximum absolute atomic E-state index is 11.7. The first kappa shape index (κ1) is 18.3. The number of aryl methyl sites for hydroxylation is 1. The summed E-state index contributed by atoms with van der Waals surface area (Å²) < 4.78 is 1.08. The van der Waals surface area contributed by atoms with Crippen LogP contribution in [0.3, 0.4) is 0 Å². The second kappa shape index (κ2) is 8.18. The molecule has 0 aliphatic rings. The summed E-state index contributed by atoms with van der Waals surface area (Å²) in [5, 5.41) is 0. The van der Waals surface area contributed by atoms with E-state index < -0.39 is 0 Å². The summed E-state index contributed by atoms with van der Waals surface area (Å²) in [5.74, 6) is 0. The van der Waals surface area contributed by atoms with Crippen molar-refractivity contribution in [2.45, 2.75) is 13.8 Å². The van der Waals surface area contributed by atoms with Crippen molar-refractivity contribution in [3.63, 3.8) is 0 Å². The SMILES string of the molecule is Cc1ccccc1[N+](=C=O)c1cc(N=C=O)c(C)c(N=C=O)c1N=C=O. The second-order valence-electron chi connectivity index (χ2n) is 5.06. The smallest absolute Gasteiger partial charge is 0.211 e. The third-order valence-electron chi connectivity index (χ3n) is 3.65. The zero-order valence-electron chi connectivity index (χ0n) is 13.8. The van der Waals surface area contributed by atoms with E-state index in [2.05, 4.69) is 15.0 Å². The van der Waals surface area contributed by atoms with E-state index in [1.54, 1.807) is 37.3 Å². The number of para-hydroxylation sites is 1. The summed E-state index contributed by atoms with van der Waals surface area (Å²) >= 11 is 0. The second-order valence-corrected chi connectivity index (χ2v) is 5.06. The Hall–Kier alpha value is -4.04. The number of hydrogen-bond acceptors (Lipinski definition) is 7. The van der Waals surface area contributed by atoms with Crippen molar-refractivity contribution in [1.82, 2.24) is 4.58 Å². The minimum atomic E-state index is -0.0997. The first-order valence-corrected chi connectivity index (χ1v) is 7.23. The highest BCUT2D eigenvalue weighted by molar-refractivity contribution is 5.89. The van der Waals surface area contributed by atoms with Crippen LogP contribution in [0.4, 0.5) is 28.4 Å². The Labute approximate surface area is 147 Å². The topological polar surface area (TPSA) is 108 Å². The molecule has 0 fully saturated rings. The maximum Gasteiger partial charge on any atom is 0.437 e. The lowest BCUT2D eigenvalue weighted by Crippen LogP contribution is -2.04. The van der Waals surface area contributed by atoms with E-state index in [1.165, 1.54) is 31.2 Å². The molecule has 0 amide bonds. The van der Waals surface area contributed by atoms with E-state index >= 15 is 0 Å². The Morgan fingerprint density at radius 2 is 1.42 bits per heavy atom. The average molecular weight is 347 g/mol. The summed E-state index contributed by atoms with van der Waals surface area (Å²) in [6.45, 7) is 3.29. The fourth-order valence-corrected chi connectivity index (χ4v) is 2.44. The van der Waals surface area contributed by atoms with E-state index in [1.807, 2.05) is 0 Å². The van der Waals surface area contributed by atoms with Crippen molar-refractivity contribution >= 4 is 52.8 Å². The molecule has 0 aliphatic carbocycles. The third-order valence-corrected chi connectivity index (χ3v) is 3.65. The Kier molecular flexibility index (Phi) is 5.75. The minimum Gasteiger partial charge on any atom is -0.211 e. The van der Waals surface area contributed by atoms with Gasteiger partial charge in [0.05, 0.1) is 5.69 Å². The molecule has 0 unspecified atom stereocenters. The molecule has 2 aromatic carbocycles. The highest BCUT2D eigenvalue weighted by atomic mass is 16.1. The molecule has 0 saturated heterocycles. The number of aliphatic imine (C=N–C) groups is 3. The van der Waals surface area contributed by atoms with Gasteiger partial charge in [0, 0.05) is 23.3 Å². The van der Waals surface area contributed by atoms with Gasteiger partial charge >= 0.3 is 6.08 Å². The van der Waals surface area contributed by atoms with Gasteiger partial charge in [0.2, 0.25) is 23.9 Å². The van der Waals surface area contributed by atoms with Crippen molar-refractivity contribution in [3.05, 3.63) is 41.5 Å². The molecule has 126 valence electrons. The predicted molar refractivity (Wildman–Crippen MR) is 92.9 cm³/mol. The molecule has 0 aliphatic heterocycles. The molecule has 26 heavy (non-hydrogen) atoms. The summed E-state index contributed by atoms with van der Waals surface area (Å²) in [7, 11) is 0. The number of rotatable bonds is 5. The lowest BCUT2D eigenvalue weighted by Gasteiger charge is -2.08. The highest BCUT2D eigenvalue weighted by Gasteiger charge is 2.27. The van der Waals surface area contributed by atoms with Gasteiger partial charge < -0.3 is 0 Å². The van der Waals surface area contributed by atoms with Gasteiger partial charge in [-0.25, -0.2) is 14.4 Å². The van der Waals surface area contributed by atoms with Crippen molar-refractivity contribution in [2.24, 2.45) is 15.0 Å². The number of nitrogens with zero attached hydrogens (tertiary/aromatic N) is 4. The maximum atomic E-state index is 11.7. The van der Waals surface area contributed by atoms with Crippen LogP contribution < -0.4 is 4.58 Å². The number of hydrogen-bond donors (Lipinski definition) is 0. The van der Waals surface area contributed by atoms with Gasteiger partial charge in [-0.1, -0.05) is 22.8 Å². The van der Waals surface area contributed by atoms with Gasteiger partial charge in [0.25, 0.3) is 5.69 Å². The lowest BCUT2D eigenvalue weighted by molar-refractivity contribution is 0.558. The van der Waals surface area contributed by atoms with Crippen LogP contribution in [0.25, 0.3) is 0 Å². The van der Waals surface area contributed by atoms with Crippen LogP contribution in [-0.4, -0.2) is 24.3 Å². The molecule has 2 aromatic rings. The number of benzene rings is 2. The van der Waals surface area contributed by atoms with Crippen LogP contribution in [0, 0.1) is 13.8 Å². The van der Waals surface area contributed by atoms with Crippen molar-refractivity contribution in [3.8, 4) is 0 Å². The third kappa shape index (κ3) is 3.40. The first-order valence-electron chi connectivity index (χ1n) is 7.23. The molecule has 8 heteroatoms. The Balaban J connectivity index is 3.00. The average Bonchev–Trinajstić information content (AvgIpc) is 2.63. The Bertz CT molecular complexity index is 1080. The molecule has 8 nitrogen and oxygen atoms in total. The van der Waals surface area contributed by atoms with Crippen LogP contribution in [0.2, 0.25) is 0 Å². The molecule has 0 saturated carbocycles.